The van der Waals surface area contributed by atoms with Crippen molar-refractivity contribution in [3.63, 3.8) is 0 Å². The summed E-state index contributed by atoms with van der Waals surface area (Å²) in [5.74, 6) is 0. The Balaban J connectivity index is 1.65. The Morgan fingerprint density at radius 1 is 0.929 bits per heavy atom. The largest absolute Gasteiger partial charge is 0.350 e. The number of sulfonamides is 1. The minimum absolute atomic E-state index is 0.0272. The van der Waals surface area contributed by atoms with E-state index in [4.69, 9.17) is 0 Å². The number of nitrogens with zero attached hydrogens (tertiary/aromatic N) is 2. The van der Waals surface area contributed by atoms with Gasteiger partial charge >= 0.3 is 0 Å². The van der Waals surface area contributed by atoms with Gasteiger partial charge in [0.15, 0.2) is 0 Å². The van der Waals surface area contributed by atoms with Crippen LogP contribution in [-0.4, -0.2) is 30.7 Å². The van der Waals surface area contributed by atoms with Gasteiger partial charge in [0.2, 0.25) is 10.0 Å². The number of rotatable bonds is 5. The topological polar surface area (TPSA) is 92.5 Å². The number of nitro benzene ring substituents is 1. The van der Waals surface area contributed by atoms with Crippen LogP contribution in [0, 0.1) is 10.1 Å². The van der Waals surface area contributed by atoms with E-state index in [2.05, 4.69) is 5.32 Å². The Labute approximate surface area is 164 Å². The smallest absolute Gasteiger partial charge is 0.294 e. The number of fused-ring (bicyclic) bond motifs is 1. The third-order valence-corrected chi connectivity index (χ3v) is 7.39. The summed E-state index contributed by atoms with van der Waals surface area (Å²) in [6.07, 6.45) is 5.86. The van der Waals surface area contributed by atoms with E-state index < -0.39 is 14.9 Å². The highest BCUT2D eigenvalue weighted by Gasteiger charge is 2.28. The Morgan fingerprint density at radius 2 is 1.68 bits per heavy atom. The molecule has 2 aliphatic rings. The molecule has 1 saturated heterocycles. The van der Waals surface area contributed by atoms with Crippen LogP contribution in [0.5, 0.6) is 0 Å². The molecule has 0 atom stereocenters. The highest BCUT2D eigenvalue weighted by molar-refractivity contribution is 7.89. The van der Waals surface area contributed by atoms with E-state index in [1.807, 2.05) is 18.2 Å². The molecule has 2 aromatic carbocycles. The maximum absolute atomic E-state index is 12.8. The van der Waals surface area contributed by atoms with E-state index in [0.29, 0.717) is 18.8 Å². The summed E-state index contributed by atoms with van der Waals surface area (Å²) >= 11 is 0. The van der Waals surface area contributed by atoms with Gasteiger partial charge in [0.05, 0.1) is 9.82 Å². The fraction of sp³-hybridized carbons (Fsp3) is 0.400. The number of nitrogens with one attached hydrogen (secondary N) is 1. The second-order valence-corrected chi connectivity index (χ2v) is 9.30. The molecule has 1 aliphatic carbocycles. The second kappa shape index (κ2) is 7.52. The first-order valence-electron chi connectivity index (χ1n) is 9.62. The van der Waals surface area contributed by atoms with Crippen molar-refractivity contribution in [1.29, 1.82) is 0 Å². The van der Waals surface area contributed by atoms with Gasteiger partial charge in [0.1, 0.15) is 5.69 Å². The van der Waals surface area contributed by atoms with E-state index in [1.165, 1.54) is 33.6 Å². The first-order chi connectivity index (χ1) is 13.4. The standard InChI is InChI=1S/C20H23N3O4S/c24-23(25)20-14-18(28(26,27)22-11-2-1-3-12-22)9-10-19(20)21-17-8-7-15-5-4-6-16(15)13-17/h7-10,13-14,21H,1-6,11-12H2. The molecule has 1 heterocycles. The lowest BCUT2D eigenvalue weighted by atomic mass is 10.1. The molecule has 0 amide bonds. The van der Waals surface area contributed by atoms with Crippen LogP contribution in [0.15, 0.2) is 41.3 Å². The summed E-state index contributed by atoms with van der Waals surface area (Å²) in [4.78, 5) is 11.0. The summed E-state index contributed by atoms with van der Waals surface area (Å²) in [5, 5.41) is 14.7. The molecule has 7 nitrogen and oxygen atoms in total. The number of hydrogen-bond donors (Lipinski definition) is 1. The predicted molar refractivity (Wildman–Crippen MR) is 107 cm³/mol. The minimum Gasteiger partial charge on any atom is -0.350 e. The van der Waals surface area contributed by atoms with Crippen LogP contribution in [0.1, 0.15) is 36.8 Å². The van der Waals surface area contributed by atoms with Crippen LogP contribution in [0.3, 0.4) is 0 Å². The van der Waals surface area contributed by atoms with Crippen molar-refractivity contribution in [2.75, 3.05) is 18.4 Å². The normalized spacial score (nSPS) is 17.3. The third kappa shape index (κ3) is 3.62. The van der Waals surface area contributed by atoms with Gasteiger partial charge in [-0.25, -0.2) is 8.42 Å². The van der Waals surface area contributed by atoms with Crippen molar-refractivity contribution in [2.24, 2.45) is 0 Å². The zero-order chi connectivity index (χ0) is 19.7. The number of aryl methyl sites for hydroxylation is 2. The average Bonchev–Trinajstić information content (AvgIpc) is 3.16. The maximum atomic E-state index is 12.8. The first-order valence-corrected chi connectivity index (χ1v) is 11.1. The molecular formula is C20H23N3O4S. The van der Waals surface area contributed by atoms with Crippen molar-refractivity contribution in [2.45, 2.75) is 43.4 Å². The fourth-order valence-corrected chi connectivity index (χ4v) is 5.53. The van der Waals surface area contributed by atoms with Gasteiger partial charge in [-0.2, -0.15) is 4.31 Å². The fourth-order valence-electron chi connectivity index (χ4n) is 3.99. The van der Waals surface area contributed by atoms with E-state index in [-0.39, 0.29) is 10.6 Å². The van der Waals surface area contributed by atoms with Crippen molar-refractivity contribution < 1.29 is 13.3 Å². The lowest BCUT2D eigenvalue weighted by molar-refractivity contribution is -0.384. The molecule has 0 bridgehead atoms. The van der Waals surface area contributed by atoms with Crippen LogP contribution in [0.4, 0.5) is 17.1 Å². The molecule has 28 heavy (non-hydrogen) atoms. The summed E-state index contributed by atoms with van der Waals surface area (Å²) in [6.45, 7) is 0.927. The van der Waals surface area contributed by atoms with Gasteiger partial charge in [0.25, 0.3) is 5.69 Å². The highest BCUT2D eigenvalue weighted by atomic mass is 32.2. The molecule has 0 spiro atoms. The SMILES string of the molecule is O=[N+]([O-])c1cc(S(=O)(=O)N2CCCCC2)ccc1Nc1ccc2c(c1)CCC2. The predicted octanol–water partition coefficient (Wildman–Crippen LogP) is 4.00. The molecule has 2 aromatic rings. The lowest BCUT2D eigenvalue weighted by Crippen LogP contribution is -2.35. The van der Waals surface area contributed by atoms with Gasteiger partial charge in [-0.1, -0.05) is 12.5 Å². The Morgan fingerprint density at radius 3 is 2.43 bits per heavy atom. The number of hydrogen-bond acceptors (Lipinski definition) is 5. The molecular weight excluding hydrogens is 378 g/mol. The summed E-state index contributed by atoms with van der Waals surface area (Å²) < 4.78 is 27.1. The van der Waals surface area contributed by atoms with Crippen LogP contribution in [-0.2, 0) is 22.9 Å². The summed E-state index contributed by atoms with van der Waals surface area (Å²) in [7, 11) is -3.71. The molecule has 0 unspecified atom stereocenters. The highest BCUT2D eigenvalue weighted by Crippen LogP contribution is 2.33. The Bertz CT molecular complexity index is 1010. The van der Waals surface area contributed by atoms with E-state index in [0.717, 1.165) is 44.2 Å². The van der Waals surface area contributed by atoms with Crippen LogP contribution in [0.2, 0.25) is 0 Å². The lowest BCUT2D eigenvalue weighted by Gasteiger charge is -2.25. The number of piperidine rings is 1. The monoisotopic (exact) mass is 401 g/mol. The molecule has 1 fully saturated rings. The number of nitro groups is 1. The minimum atomic E-state index is -3.71. The summed E-state index contributed by atoms with van der Waals surface area (Å²) in [5.41, 5.74) is 3.41. The number of anilines is 2. The van der Waals surface area contributed by atoms with Crippen molar-refractivity contribution >= 4 is 27.1 Å². The first kappa shape index (κ1) is 18.9. The molecule has 1 aliphatic heterocycles. The van der Waals surface area contributed by atoms with Crippen molar-refractivity contribution in [3.05, 3.63) is 57.6 Å². The molecule has 1 N–H and O–H groups in total. The molecule has 148 valence electrons. The zero-order valence-corrected chi connectivity index (χ0v) is 16.4. The van der Waals surface area contributed by atoms with Gasteiger partial charge < -0.3 is 5.32 Å². The molecule has 0 saturated carbocycles. The van der Waals surface area contributed by atoms with Gasteiger partial charge in [-0.3, -0.25) is 10.1 Å². The molecule has 0 aromatic heterocycles. The van der Waals surface area contributed by atoms with Crippen molar-refractivity contribution in [3.8, 4) is 0 Å². The third-order valence-electron chi connectivity index (χ3n) is 5.50. The van der Waals surface area contributed by atoms with E-state index in [9.17, 15) is 18.5 Å². The van der Waals surface area contributed by atoms with Gasteiger partial charge in [-0.05, 0) is 67.5 Å². The Kier molecular flexibility index (Phi) is 5.07. The molecule has 8 heteroatoms. The molecule has 0 radical (unpaired) electrons. The Hall–Kier alpha value is -2.45. The van der Waals surface area contributed by atoms with E-state index >= 15 is 0 Å². The quantitative estimate of drug-likeness (QED) is 0.604. The molecule has 4 rings (SSSR count). The zero-order valence-electron chi connectivity index (χ0n) is 15.6. The second-order valence-electron chi connectivity index (χ2n) is 7.36. The van der Waals surface area contributed by atoms with Crippen LogP contribution < -0.4 is 5.32 Å². The summed E-state index contributed by atoms with van der Waals surface area (Å²) in [6, 6.07) is 10.1. The average molecular weight is 401 g/mol. The van der Waals surface area contributed by atoms with Crippen molar-refractivity contribution in [1.82, 2.24) is 4.31 Å². The van der Waals surface area contributed by atoms with Gasteiger partial charge in [0, 0.05) is 24.8 Å². The van der Waals surface area contributed by atoms with Gasteiger partial charge in [-0.15, -0.1) is 0 Å². The van der Waals surface area contributed by atoms with E-state index in [1.54, 1.807) is 0 Å². The van der Waals surface area contributed by atoms with Crippen LogP contribution >= 0.6 is 0 Å². The maximum Gasteiger partial charge on any atom is 0.294 e. The van der Waals surface area contributed by atoms with Crippen LogP contribution in [0.25, 0.3) is 0 Å². The number of benzene rings is 2.